The van der Waals surface area contributed by atoms with Crippen LogP contribution in [0.5, 0.6) is 0 Å². The molecular formula is C27H33FN4O2. The normalized spacial score (nSPS) is 18.2. The van der Waals surface area contributed by atoms with E-state index in [4.69, 9.17) is 4.52 Å². The van der Waals surface area contributed by atoms with E-state index in [1.807, 2.05) is 24.3 Å². The lowest BCUT2D eigenvalue weighted by molar-refractivity contribution is -0.122. The van der Waals surface area contributed by atoms with E-state index < -0.39 is 0 Å². The van der Waals surface area contributed by atoms with Gasteiger partial charge in [0.1, 0.15) is 5.82 Å². The fourth-order valence-corrected chi connectivity index (χ4v) is 4.61. The van der Waals surface area contributed by atoms with E-state index >= 15 is 0 Å². The lowest BCUT2D eigenvalue weighted by Crippen LogP contribution is -2.40. The van der Waals surface area contributed by atoms with Gasteiger partial charge in [-0.1, -0.05) is 47.6 Å². The summed E-state index contributed by atoms with van der Waals surface area (Å²) in [5.41, 5.74) is 3.09. The van der Waals surface area contributed by atoms with Crippen molar-refractivity contribution in [2.75, 3.05) is 20.1 Å². The van der Waals surface area contributed by atoms with Crippen molar-refractivity contribution in [3.63, 3.8) is 0 Å². The zero-order valence-electron chi connectivity index (χ0n) is 19.7. The van der Waals surface area contributed by atoms with E-state index in [2.05, 4.69) is 39.9 Å². The Balaban J connectivity index is 1.26. The SMILES string of the molecule is CN(Cc1ccccc1)Cc1cc(C[C@H]2CNCC[C@H]2CC(=O)NCc2ccc(F)cc2)no1. The molecule has 1 amide bonds. The Hall–Kier alpha value is -3.03. The van der Waals surface area contributed by atoms with Crippen molar-refractivity contribution in [2.45, 2.75) is 38.9 Å². The van der Waals surface area contributed by atoms with Gasteiger partial charge >= 0.3 is 0 Å². The molecule has 0 unspecified atom stereocenters. The van der Waals surface area contributed by atoms with Gasteiger partial charge in [0.2, 0.25) is 5.91 Å². The maximum Gasteiger partial charge on any atom is 0.220 e. The average Bonchev–Trinajstić information content (AvgIpc) is 3.27. The van der Waals surface area contributed by atoms with Crippen LogP contribution in [0.3, 0.4) is 0 Å². The lowest BCUT2D eigenvalue weighted by Gasteiger charge is -2.31. The maximum atomic E-state index is 13.1. The van der Waals surface area contributed by atoms with Crippen LogP contribution in [0.15, 0.2) is 65.2 Å². The van der Waals surface area contributed by atoms with Gasteiger partial charge in [-0.15, -0.1) is 0 Å². The van der Waals surface area contributed by atoms with Crippen LogP contribution in [0.2, 0.25) is 0 Å². The third-order valence-corrected chi connectivity index (χ3v) is 6.42. The Morgan fingerprint density at radius 2 is 1.91 bits per heavy atom. The van der Waals surface area contributed by atoms with E-state index in [1.54, 1.807) is 12.1 Å². The summed E-state index contributed by atoms with van der Waals surface area (Å²) in [6.45, 7) is 3.74. The van der Waals surface area contributed by atoms with Crippen LogP contribution >= 0.6 is 0 Å². The van der Waals surface area contributed by atoms with Gasteiger partial charge in [0.15, 0.2) is 5.76 Å². The highest BCUT2D eigenvalue weighted by Gasteiger charge is 2.28. The van der Waals surface area contributed by atoms with Crippen LogP contribution in [0.1, 0.15) is 35.4 Å². The number of nitrogens with zero attached hydrogens (tertiary/aromatic N) is 2. The molecule has 3 aromatic rings. The summed E-state index contributed by atoms with van der Waals surface area (Å²) in [6, 6.07) is 18.6. The fraction of sp³-hybridized carbons (Fsp3) is 0.407. The van der Waals surface area contributed by atoms with Crippen molar-refractivity contribution in [3.05, 3.63) is 89.1 Å². The quantitative estimate of drug-likeness (QED) is 0.476. The third kappa shape index (κ3) is 7.23. The maximum absolute atomic E-state index is 13.1. The summed E-state index contributed by atoms with van der Waals surface area (Å²) < 4.78 is 18.7. The highest BCUT2D eigenvalue weighted by atomic mass is 19.1. The zero-order chi connectivity index (χ0) is 23.8. The fourth-order valence-electron chi connectivity index (χ4n) is 4.61. The van der Waals surface area contributed by atoms with Crippen LogP contribution in [-0.4, -0.2) is 36.1 Å². The molecule has 7 heteroatoms. The van der Waals surface area contributed by atoms with Crippen molar-refractivity contribution in [3.8, 4) is 0 Å². The second kappa shape index (κ2) is 11.9. The van der Waals surface area contributed by atoms with Crippen LogP contribution in [-0.2, 0) is 30.8 Å². The van der Waals surface area contributed by atoms with Crippen LogP contribution in [0, 0.1) is 17.7 Å². The molecule has 180 valence electrons. The molecule has 0 bridgehead atoms. The molecule has 4 rings (SSSR count). The smallest absolute Gasteiger partial charge is 0.220 e. The number of amides is 1. The van der Waals surface area contributed by atoms with Crippen LogP contribution < -0.4 is 10.6 Å². The largest absolute Gasteiger partial charge is 0.360 e. The van der Waals surface area contributed by atoms with Crippen LogP contribution in [0.25, 0.3) is 0 Å². The molecule has 6 nitrogen and oxygen atoms in total. The molecule has 1 aliphatic heterocycles. The zero-order valence-corrected chi connectivity index (χ0v) is 19.7. The molecule has 0 radical (unpaired) electrons. The molecule has 2 N–H and O–H groups in total. The van der Waals surface area contributed by atoms with Gasteiger partial charge in [0.25, 0.3) is 0 Å². The van der Waals surface area contributed by atoms with Gasteiger partial charge in [-0.05, 0) is 68.1 Å². The van der Waals surface area contributed by atoms with Crippen molar-refractivity contribution >= 4 is 5.91 Å². The summed E-state index contributed by atoms with van der Waals surface area (Å²) in [4.78, 5) is 14.8. The lowest BCUT2D eigenvalue weighted by atomic mass is 9.81. The van der Waals surface area contributed by atoms with Crippen molar-refractivity contribution in [1.82, 2.24) is 20.7 Å². The molecule has 1 fully saturated rings. The average molecular weight is 465 g/mol. The number of piperidine rings is 1. The Labute approximate surface area is 200 Å². The van der Waals surface area contributed by atoms with Crippen LogP contribution in [0.4, 0.5) is 4.39 Å². The van der Waals surface area contributed by atoms with E-state index in [0.29, 0.717) is 25.4 Å². The van der Waals surface area contributed by atoms with Gasteiger partial charge < -0.3 is 15.2 Å². The number of benzene rings is 2. The Morgan fingerprint density at radius 1 is 1.12 bits per heavy atom. The highest BCUT2D eigenvalue weighted by molar-refractivity contribution is 5.76. The predicted molar refractivity (Wildman–Crippen MR) is 129 cm³/mol. The second-order valence-electron chi connectivity index (χ2n) is 9.27. The van der Waals surface area contributed by atoms with Crippen molar-refractivity contribution < 1.29 is 13.7 Å². The minimum Gasteiger partial charge on any atom is -0.360 e. The van der Waals surface area contributed by atoms with Gasteiger partial charge in [0.05, 0.1) is 12.2 Å². The third-order valence-electron chi connectivity index (χ3n) is 6.42. The van der Waals surface area contributed by atoms with E-state index in [1.165, 1.54) is 17.7 Å². The van der Waals surface area contributed by atoms with Crippen molar-refractivity contribution in [1.29, 1.82) is 0 Å². The summed E-state index contributed by atoms with van der Waals surface area (Å²) in [5, 5.41) is 10.7. The number of rotatable bonds is 10. The monoisotopic (exact) mass is 464 g/mol. The first-order valence-electron chi connectivity index (χ1n) is 11.9. The number of carbonyl (C=O) groups excluding carboxylic acids is 1. The first kappa shape index (κ1) is 24.1. The topological polar surface area (TPSA) is 70.4 Å². The van der Waals surface area contributed by atoms with E-state index in [0.717, 1.165) is 49.5 Å². The molecule has 1 aromatic heterocycles. The molecule has 0 aliphatic carbocycles. The molecule has 1 saturated heterocycles. The van der Waals surface area contributed by atoms with Gasteiger partial charge in [-0.2, -0.15) is 0 Å². The Morgan fingerprint density at radius 3 is 2.71 bits per heavy atom. The number of aromatic nitrogens is 1. The molecule has 2 aromatic carbocycles. The number of hydrogen-bond donors (Lipinski definition) is 2. The number of carbonyl (C=O) groups is 1. The van der Waals surface area contributed by atoms with Crippen molar-refractivity contribution in [2.24, 2.45) is 11.8 Å². The van der Waals surface area contributed by atoms with Gasteiger partial charge in [-0.25, -0.2) is 4.39 Å². The van der Waals surface area contributed by atoms with Gasteiger partial charge in [0, 0.05) is 25.6 Å². The molecule has 2 heterocycles. The minimum absolute atomic E-state index is 0.0320. The molecule has 2 atom stereocenters. The molecule has 0 saturated carbocycles. The van der Waals surface area contributed by atoms with E-state index in [-0.39, 0.29) is 17.6 Å². The molecule has 34 heavy (non-hydrogen) atoms. The highest BCUT2D eigenvalue weighted by Crippen LogP contribution is 2.26. The summed E-state index contributed by atoms with van der Waals surface area (Å²) in [5.74, 6) is 1.22. The number of halogens is 1. The second-order valence-corrected chi connectivity index (χ2v) is 9.27. The summed E-state index contributed by atoms with van der Waals surface area (Å²) in [7, 11) is 2.07. The molecular weight excluding hydrogens is 431 g/mol. The summed E-state index contributed by atoms with van der Waals surface area (Å²) in [6.07, 6.45) is 2.23. The standard InChI is InChI=1S/C27H33FN4O2/c1-32(18-21-5-3-2-4-6-21)19-26-15-25(31-34-26)13-23-17-29-12-11-22(23)14-27(33)30-16-20-7-9-24(28)10-8-20/h2-10,15,22-23,29H,11-14,16-19H2,1H3,(H,30,33)/t22-,23-/m0/s1. The predicted octanol–water partition coefficient (Wildman–Crippen LogP) is 3.92. The number of nitrogens with one attached hydrogen (secondary N) is 2. The Bertz CT molecular complexity index is 1040. The Kier molecular flexibility index (Phi) is 8.44. The van der Waals surface area contributed by atoms with Gasteiger partial charge in [-0.3, -0.25) is 9.69 Å². The number of hydrogen-bond acceptors (Lipinski definition) is 5. The first-order chi connectivity index (χ1) is 16.5. The molecule has 1 aliphatic rings. The van der Waals surface area contributed by atoms with E-state index in [9.17, 15) is 9.18 Å². The molecule has 0 spiro atoms. The summed E-state index contributed by atoms with van der Waals surface area (Å²) >= 11 is 0. The minimum atomic E-state index is -0.272. The first-order valence-corrected chi connectivity index (χ1v) is 11.9.